The van der Waals surface area contributed by atoms with E-state index < -0.39 is 0 Å². The number of carbonyl (C=O) groups is 1. The van der Waals surface area contributed by atoms with E-state index in [0.29, 0.717) is 12.1 Å². The molecule has 4 heteroatoms. The highest BCUT2D eigenvalue weighted by Crippen LogP contribution is 2.25. The van der Waals surface area contributed by atoms with E-state index in [9.17, 15) is 4.79 Å². The molecule has 2 heterocycles. The van der Waals surface area contributed by atoms with Crippen LogP contribution >= 0.6 is 11.3 Å². The van der Waals surface area contributed by atoms with E-state index in [1.807, 2.05) is 65.5 Å². The quantitative estimate of drug-likeness (QED) is 0.527. The summed E-state index contributed by atoms with van der Waals surface area (Å²) in [6.45, 7) is 0.504. The molecule has 2 aromatic carbocycles. The first-order valence-electron chi connectivity index (χ1n) is 8.43. The number of amides is 1. The van der Waals surface area contributed by atoms with Gasteiger partial charge in [0.25, 0.3) is 5.91 Å². The first-order chi connectivity index (χ1) is 12.8. The molecule has 0 bridgehead atoms. The number of hydrogen-bond donors (Lipinski definition) is 1. The fourth-order valence-electron chi connectivity index (χ4n) is 2.94. The SMILES string of the molecule is O=C(NCc1ccccc1-c1ccsc1)c1ccc(-n2cccc2)cc1. The molecular weight excluding hydrogens is 340 g/mol. The Labute approximate surface area is 156 Å². The summed E-state index contributed by atoms with van der Waals surface area (Å²) < 4.78 is 2.01. The van der Waals surface area contributed by atoms with Crippen LogP contribution in [0.25, 0.3) is 16.8 Å². The number of thiophene rings is 1. The Morgan fingerprint density at radius 2 is 1.69 bits per heavy atom. The minimum Gasteiger partial charge on any atom is -0.348 e. The lowest BCUT2D eigenvalue weighted by molar-refractivity contribution is 0.0951. The summed E-state index contributed by atoms with van der Waals surface area (Å²) in [5, 5.41) is 7.22. The first kappa shape index (κ1) is 16.4. The maximum absolute atomic E-state index is 12.5. The number of rotatable bonds is 5. The molecule has 0 fully saturated rings. The molecule has 1 N–H and O–H groups in total. The predicted molar refractivity (Wildman–Crippen MR) is 107 cm³/mol. The van der Waals surface area contributed by atoms with Crippen molar-refractivity contribution in [2.75, 3.05) is 0 Å². The van der Waals surface area contributed by atoms with Gasteiger partial charge >= 0.3 is 0 Å². The monoisotopic (exact) mass is 358 g/mol. The van der Waals surface area contributed by atoms with E-state index in [1.54, 1.807) is 11.3 Å². The fraction of sp³-hybridized carbons (Fsp3) is 0.0455. The zero-order valence-electron chi connectivity index (χ0n) is 14.1. The van der Waals surface area contributed by atoms with Crippen molar-refractivity contribution >= 4 is 17.2 Å². The topological polar surface area (TPSA) is 34.0 Å². The number of nitrogens with zero attached hydrogens (tertiary/aromatic N) is 1. The van der Waals surface area contributed by atoms with Crippen molar-refractivity contribution in [3.63, 3.8) is 0 Å². The van der Waals surface area contributed by atoms with Gasteiger partial charge < -0.3 is 9.88 Å². The number of benzene rings is 2. The Kier molecular flexibility index (Phi) is 4.67. The van der Waals surface area contributed by atoms with Crippen LogP contribution in [0.3, 0.4) is 0 Å². The molecule has 0 unspecified atom stereocenters. The minimum atomic E-state index is -0.0656. The Hall–Kier alpha value is -3.11. The van der Waals surface area contributed by atoms with Crippen LogP contribution in [0.15, 0.2) is 89.9 Å². The number of hydrogen-bond acceptors (Lipinski definition) is 2. The van der Waals surface area contributed by atoms with Crippen LogP contribution < -0.4 is 5.32 Å². The minimum absolute atomic E-state index is 0.0656. The van der Waals surface area contributed by atoms with Crippen LogP contribution in [0.1, 0.15) is 15.9 Å². The molecule has 0 aliphatic heterocycles. The molecule has 1 amide bonds. The maximum Gasteiger partial charge on any atom is 0.251 e. The molecule has 0 atom stereocenters. The van der Waals surface area contributed by atoms with Crippen molar-refractivity contribution in [1.82, 2.24) is 9.88 Å². The summed E-state index contributed by atoms with van der Waals surface area (Å²) in [5.41, 5.74) is 5.17. The normalized spacial score (nSPS) is 10.6. The standard InChI is InChI=1S/C22H18N2OS/c25-22(17-7-9-20(10-8-17)24-12-3-4-13-24)23-15-18-5-1-2-6-21(18)19-11-14-26-16-19/h1-14,16H,15H2,(H,23,25). The van der Waals surface area contributed by atoms with E-state index in [1.165, 1.54) is 5.56 Å². The van der Waals surface area contributed by atoms with Gasteiger partial charge in [0.2, 0.25) is 0 Å². The van der Waals surface area contributed by atoms with Crippen molar-refractivity contribution < 1.29 is 4.79 Å². The zero-order valence-corrected chi connectivity index (χ0v) is 14.9. The van der Waals surface area contributed by atoms with Crippen molar-refractivity contribution in [1.29, 1.82) is 0 Å². The molecule has 0 aliphatic carbocycles. The van der Waals surface area contributed by atoms with Gasteiger partial charge in [-0.15, -0.1) is 0 Å². The van der Waals surface area contributed by atoms with Gasteiger partial charge in [-0.25, -0.2) is 0 Å². The van der Waals surface area contributed by atoms with Crippen molar-refractivity contribution in [3.05, 3.63) is 101 Å². The molecule has 0 saturated carbocycles. The van der Waals surface area contributed by atoms with E-state index in [0.717, 1.165) is 16.8 Å². The Bertz CT molecular complexity index is 987. The molecule has 128 valence electrons. The summed E-state index contributed by atoms with van der Waals surface area (Å²) in [6.07, 6.45) is 3.97. The van der Waals surface area contributed by atoms with Gasteiger partial charge in [0.1, 0.15) is 0 Å². The van der Waals surface area contributed by atoms with Gasteiger partial charge in [0.05, 0.1) is 0 Å². The smallest absolute Gasteiger partial charge is 0.251 e. The van der Waals surface area contributed by atoms with Crippen LogP contribution in [0.4, 0.5) is 0 Å². The summed E-state index contributed by atoms with van der Waals surface area (Å²) in [4.78, 5) is 12.5. The molecule has 4 rings (SSSR count). The van der Waals surface area contributed by atoms with Crippen LogP contribution in [0.5, 0.6) is 0 Å². The van der Waals surface area contributed by atoms with Crippen molar-refractivity contribution in [2.24, 2.45) is 0 Å². The molecule has 2 aromatic heterocycles. The Morgan fingerprint density at radius 1 is 0.923 bits per heavy atom. The molecule has 26 heavy (non-hydrogen) atoms. The van der Waals surface area contributed by atoms with E-state index in [2.05, 4.69) is 34.3 Å². The van der Waals surface area contributed by atoms with Crippen molar-refractivity contribution in [2.45, 2.75) is 6.54 Å². The predicted octanol–water partition coefficient (Wildman–Crippen LogP) is 5.14. The largest absolute Gasteiger partial charge is 0.348 e. The molecule has 0 spiro atoms. The third kappa shape index (κ3) is 3.46. The Morgan fingerprint density at radius 3 is 2.42 bits per heavy atom. The third-order valence-corrected chi connectivity index (χ3v) is 5.00. The van der Waals surface area contributed by atoms with Gasteiger partial charge in [0.15, 0.2) is 0 Å². The lowest BCUT2D eigenvalue weighted by Crippen LogP contribution is -2.23. The fourth-order valence-corrected chi connectivity index (χ4v) is 3.60. The zero-order chi connectivity index (χ0) is 17.8. The van der Waals surface area contributed by atoms with Gasteiger partial charge in [-0.2, -0.15) is 11.3 Å². The third-order valence-electron chi connectivity index (χ3n) is 4.32. The number of carbonyl (C=O) groups excluding carboxylic acids is 1. The lowest BCUT2D eigenvalue weighted by atomic mass is 10.0. The van der Waals surface area contributed by atoms with Crippen LogP contribution in [0, 0.1) is 0 Å². The van der Waals surface area contributed by atoms with Gasteiger partial charge in [-0.3, -0.25) is 4.79 Å². The molecule has 4 aromatic rings. The number of aromatic nitrogens is 1. The summed E-state index contributed by atoms with van der Waals surface area (Å²) >= 11 is 1.68. The second-order valence-corrected chi connectivity index (χ2v) is 6.77. The van der Waals surface area contributed by atoms with Crippen LogP contribution in [-0.2, 0) is 6.54 Å². The van der Waals surface area contributed by atoms with E-state index >= 15 is 0 Å². The maximum atomic E-state index is 12.5. The molecule has 0 aliphatic rings. The van der Waals surface area contributed by atoms with Gasteiger partial charge in [-0.05, 0) is 69.9 Å². The highest BCUT2D eigenvalue weighted by Gasteiger charge is 2.09. The average molecular weight is 358 g/mol. The lowest BCUT2D eigenvalue weighted by Gasteiger charge is -2.10. The second-order valence-electron chi connectivity index (χ2n) is 5.99. The van der Waals surface area contributed by atoms with Gasteiger partial charge in [-0.1, -0.05) is 24.3 Å². The molecule has 0 radical (unpaired) electrons. The van der Waals surface area contributed by atoms with Crippen LogP contribution in [-0.4, -0.2) is 10.5 Å². The second kappa shape index (κ2) is 7.42. The molecule has 3 nitrogen and oxygen atoms in total. The average Bonchev–Trinajstić information content (AvgIpc) is 3.40. The number of nitrogens with one attached hydrogen (secondary N) is 1. The summed E-state index contributed by atoms with van der Waals surface area (Å²) in [7, 11) is 0. The molecular formula is C22H18N2OS. The summed E-state index contributed by atoms with van der Waals surface area (Å²) in [5.74, 6) is -0.0656. The van der Waals surface area contributed by atoms with Crippen molar-refractivity contribution in [3.8, 4) is 16.8 Å². The summed E-state index contributed by atoms with van der Waals surface area (Å²) in [6, 6.07) is 21.9. The van der Waals surface area contributed by atoms with Gasteiger partial charge in [0, 0.05) is 30.2 Å². The van der Waals surface area contributed by atoms with Crippen LogP contribution in [0.2, 0.25) is 0 Å². The first-order valence-corrected chi connectivity index (χ1v) is 9.37. The Balaban J connectivity index is 1.46. The highest BCUT2D eigenvalue weighted by atomic mass is 32.1. The molecule has 0 saturated heterocycles. The highest BCUT2D eigenvalue weighted by molar-refractivity contribution is 7.08. The van der Waals surface area contributed by atoms with E-state index in [4.69, 9.17) is 0 Å². The van der Waals surface area contributed by atoms with E-state index in [-0.39, 0.29) is 5.91 Å².